The van der Waals surface area contributed by atoms with E-state index in [1.807, 2.05) is 0 Å². The quantitative estimate of drug-likeness (QED) is 0.679. The molecule has 2 atom stereocenters. The highest BCUT2D eigenvalue weighted by Crippen LogP contribution is 2.28. The standard InChI is InChI=1S/C12H18N4O4/c17-10-3-1-2-6-15(10)13-11(18)9-5-4-8-7-14(9)12(19)16(8)20/h8-9,20H,1-7H2,(H,13,18)/t8?,9-/m0/s1. The van der Waals surface area contributed by atoms with Crippen LogP contribution in [0.25, 0.3) is 0 Å². The number of piperidine rings is 2. The number of hydroxylamine groups is 2. The second-order valence-corrected chi connectivity index (χ2v) is 5.51. The summed E-state index contributed by atoms with van der Waals surface area (Å²) in [5.41, 5.74) is 2.61. The summed E-state index contributed by atoms with van der Waals surface area (Å²) < 4.78 is 0. The van der Waals surface area contributed by atoms with Crippen LogP contribution in [0.4, 0.5) is 4.79 Å². The molecule has 3 fully saturated rings. The molecule has 4 amide bonds. The second kappa shape index (κ2) is 4.93. The Morgan fingerprint density at radius 3 is 2.80 bits per heavy atom. The van der Waals surface area contributed by atoms with Crippen LogP contribution in [-0.4, -0.2) is 63.2 Å². The lowest BCUT2D eigenvalue weighted by Gasteiger charge is -2.33. The van der Waals surface area contributed by atoms with Gasteiger partial charge in [-0.1, -0.05) is 0 Å². The van der Waals surface area contributed by atoms with Gasteiger partial charge in [-0.25, -0.2) is 9.86 Å². The van der Waals surface area contributed by atoms with Crippen LogP contribution in [0, 0.1) is 0 Å². The lowest BCUT2D eigenvalue weighted by molar-refractivity contribution is -0.145. The molecule has 1 unspecified atom stereocenters. The highest BCUT2D eigenvalue weighted by atomic mass is 16.5. The van der Waals surface area contributed by atoms with E-state index in [-0.39, 0.29) is 17.9 Å². The van der Waals surface area contributed by atoms with Gasteiger partial charge in [-0.15, -0.1) is 0 Å². The monoisotopic (exact) mass is 282 g/mol. The molecular weight excluding hydrogens is 264 g/mol. The average Bonchev–Trinajstić information content (AvgIpc) is 2.66. The summed E-state index contributed by atoms with van der Waals surface area (Å²) in [5.74, 6) is -0.433. The maximum Gasteiger partial charge on any atom is 0.344 e. The minimum atomic E-state index is -0.606. The SMILES string of the molecule is O=C(NN1CCCCC1=O)[C@@H]1CCC2CN1C(=O)N2O. The van der Waals surface area contributed by atoms with Crippen LogP contribution in [0.2, 0.25) is 0 Å². The van der Waals surface area contributed by atoms with Crippen LogP contribution >= 0.6 is 0 Å². The second-order valence-electron chi connectivity index (χ2n) is 5.51. The molecule has 3 aliphatic rings. The van der Waals surface area contributed by atoms with Crippen molar-refractivity contribution in [1.82, 2.24) is 20.4 Å². The van der Waals surface area contributed by atoms with Crippen molar-refractivity contribution in [3.8, 4) is 0 Å². The molecular formula is C12H18N4O4. The van der Waals surface area contributed by atoms with Gasteiger partial charge < -0.3 is 4.90 Å². The molecule has 0 radical (unpaired) electrons. The molecule has 0 spiro atoms. The van der Waals surface area contributed by atoms with Gasteiger partial charge in [0.15, 0.2) is 0 Å². The molecule has 3 heterocycles. The Balaban J connectivity index is 1.65. The zero-order valence-corrected chi connectivity index (χ0v) is 11.1. The van der Waals surface area contributed by atoms with E-state index in [2.05, 4.69) is 5.43 Å². The van der Waals surface area contributed by atoms with Crippen molar-refractivity contribution in [3.63, 3.8) is 0 Å². The molecule has 3 rings (SSSR count). The molecule has 110 valence electrons. The lowest BCUT2D eigenvalue weighted by Crippen LogP contribution is -2.56. The van der Waals surface area contributed by atoms with Crippen LogP contribution in [-0.2, 0) is 9.59 Å². The van der Waals surface area contributed by atoms with Gasteiger partial charge >= 0.3 is 6.03 Å². The van der Waals surface area contributed by atoms with Gasteiger partial charge in [0.05, 0.1) is 6.04 Å². The molecule has 0 saturated carbocycles. The molecule has 0 aromatic heterocycles. The molecule has 8 nitrogen and oxygen atoms in total. The first kappa shape index (κ1) is 13.2. The van der Waals surface area contributed by atoms with Gasteiger partial charge in [-0.2, -0.15) is 0 Å². The summed E-state index contributed by atoms with van der Waals surface area (Å²) >= 11 is 0. The molecule has 8 heteroatoms. The van der Waals surface area contributed by atoms with E-state index in [9.17, 15) is 19.6 Å². The number of nitrogens with zero attached hydrogens (tertiary/aromatic N) is 3. The molecule has 0 aromatic rings. The number of carbonyl (C=O) groups excluding carboxylic acids is 3. The topological polar surface area (TPSA) is 93.2 Å². The van der Waals surface area contributed by atoms with Crippen molar-refractivity contribution in [3.05, 3.63) is 0 Å². The fourth-order valence-electron chi connectivity index (χ4n) is 3.05. The number of nitrogens with one attached hydrogen (secondary N) is 1. The highest BCUT2D eigenvalue weighted by molar-refractivity contribution is 5.90. The minimum Gasteiger partial charge on any atom is -0.309 e. The van der Waals surface area contributed by atoms with Gasteiger partial charge in [-0.05, 0) is 25.7 Å². The first-order chi connectivity index (χ1) is 9.58. The Morgan fingerprint density at radius 2 is 2.05 bits per heavy atom. The van der Waals surface area contributed by atoms with Gasteiger partial charge in [0, 0.05) is 19.5 Å². The molecule has 2 N–H and O–H groups in total. The number of rotatable bonds is 2. The Labute approximate surface area is 116 Å². The zero-order valence-electron chi connectivity index (χ0n) is 11.1. The third kappa shape index (κ3) is 2.09. The first-order valence-electron chi connectivity index (χ1n) is 6.97. The van der Waals surface area contributed by atoms with Crippen LogP contribution in [0.5, 0.6) is 0 Å². The predicted octanol–water partition coefficient (Wildman–Crippen LogP) is -0.312. The number of urea groups is 1. The Bertz CT molecular complexity index is 455. The maximum absolute atomic E-state index is 12.3. The van der Waals surface area contributed by atoms with Crippen LogP contribution in [0.1, 0.15) is 32.1 Å². The summed E-state index contributed by atoms with van der Waals surface area (Å²) in [4.78, 5) is 37.1. The Hall–Kier alpha value is -1.83. The predicted molar refractivity (Wildman–Crippen MR) is 66.2 cm³/mol. The Kier molecular flexibility index (Phi) is 3.25. The van der Waals surface area contributed by atoms with Crippen molar-refractivity contribution in [1.29, 1.82) is 0 Å². The number of carbonyl (C=O) groups is 3. The van der Waals surface area contributed by atoms with Gasteiger partial charge in [0.1, 0.15) is 6.04 Å². The third-order valence-corrected chi connectivity index (χ3v) is 4.22. The van der Waals surface area contributed by atoms with Crippen LogP contribution < -0.4 is 5.43 Å². The maximum atomic E-state index is 12.3. The van der Waals surface area contributed by atoms with E-state index in [1.54, 1.807) is 0 Å². The van der Waals surface area contributed by atoms with Gasteiger partial charge in [-0.3, -0.25) is 25.2 Å². The zero-order chi connectivity index (χ0) is 14.3. The largest absolute Gasteiger partial charge is 0.344 e. The summed E-state index contributed by atoms with van der Waals surface area (Å²) in [6.45, 7) is 0.876. The molecule has 0 aliphatic carbocycles. The van der Waals surface area contributed by atoms with E-state index < -0.39 is 12.1 Å². The van der Waals surface area contributed by atoms with E-state index in [0.717, 1.165) is 12.8 Å². The van der Waals surface area contributed by atoms with Crippen molar-refractivity contribution < 1.29 is 19.6 Å². The first-order valence-corrected chi connectivity index (χ1v) is 6.97. The minimum absolute atomic E-state index is 0.0881. The van der Waals surface area contributed by atoms with Gasteiger partial charge in [0.25, 0.3) is 5.91 Å². The van der Waals surface area contributed by atoms with E-state index in [1.165, 1.54) is 9.91 Å². The molecule has 3 saturated heterocycles. The molecule has 3 aliphatic heterocycles. The van der Waals surface area contributed by atoms with E-state index in [0.29, 0.717) is 37.4 Å². The van der Waals surface area contributed by atoms with Crippen molar-refractivity contribution in [2.45, 2.75) is 44.2 Å². The molecule has 2 bridgehead atoms. The average molecular weight is 282 g/mol. The summed E-state index contributed by atoms with van der Waals surface area (Å²) in [7, 11) is 0. The van der Waals surface area contributed by atoms with Crippen molar-refractivity contribution >= 4 is 17.8 Å². The third-order valence-electron chi connectivity index (χ3n) is 4.22. The number of amides is 4. The van der Waals surface area contributed by atoms with Crippen molar-refractivity contribution in [2.24, 2.45) is 0 Å². The van der Waals surface area contributed by atoms with Crippen LogP contribution in [0.3, 0.4) is 0 Å². The molecule has 0 aromatic carbocycles. The lowest BCUT2D eigenvalue weighted by atomic mass is 10.0. The fourth-order valence-corrected chi connectivity index (χ4v) is 3.05. The fraction of sp³-hybridized carbons (Fsp3) is 0.750. The Morgan fingerprint density at radius 1 is 1.25 bits per heavy atom. The number of fused-ring (bicyclic) bond motifs is 2. The summed E-state index contributed by atoms with van der Waals surface area (Å²) in [6.07, 6.45) is 3.25. The normalized spacial score (nSPS) is 29.9. The number of hydrogen-bond donors (Lipinski definition) is 2. The van der Waals surface area contributed by atoms with Crippen molar-refractivity contribution in [2.75, 3.05) is 13.1 Å². The number of hydrogen-bond acceptors (Lipinski definition) is 4. The molecule has 20 heavy (non-hydrogen) atoms. The number of hydrazine groups is 1. The summed E-state index contributed by atoms with van der Waals surface area (Å²) in [6, 6.07) is -1.36. The van der Waals surface area contributed by atoms with Gasteiger partial charge in [0.2, 0.25) is 5.91 Å². The summed E-state index contributed by atoms with van der Waals surface area (Å²) in [5, 5.41) is 11.6. The van der Waals surface area contributed by atoms with E-state index >= 15 is 0 Å². The van der Waals surface area contributed by atoms with Crippen LogP contribution in [0.15, 0.2) is 0 Å². The highest BCUT2D eigenvalue weighted by Gasteiger charge is 2.47. The smallest absolute Gasteiger partial charge is 0.309 e. The van der Waals surface area contributed by atoms with E-state index in [4.69, 9.17) is 0 Å².